The van der Waals surface area contributed by atoms with Gasteiger partial charge in [0.1, 0.15) is 5.60 Å². The van der Waals surface area contributed by atoms with Gasteiger partial charge in [-0.25, -0.2) is 0 Å². The fourth-order valence-corrected chi connectivity index (χ4v) is 1.40. The van der Waals surface area contributed by atoms with Gasteiger partial charge in [0.25, 0.3) is 0 Å². The molecule has 1 heterocycles. The minimum Gasteiger partial charge on any atom is -0.458 e. The third kappa shape index (κ3) is 2.19. The summed E-state index contributed by atoms with van der Waals surface area (Å²) in [6.45, 7) is 3.05. The van der Waals surface area contributed by atoms with Crippen molar-refractivity contribution in [2.24, 2.45) is 5.73 Å². The van der Waals surface area contributed by atoms with Crippen molar-refractivity contribution >= 4 is 5.97 Å². The first-order valence-electron chi connectivity index (χ1n) is 4.16. The lowest BCUT2D eigenvalue weighted by atomic mass is 9.94. The predicted octanol–water partition coefficient (Wildman–Crippen LogP) is 0.0574. The third-order valence-corrected chi connectivity index (χ3v) is 2.14. The third-order valence-electron chi connectivity index (χ3n) is 2.14. The summed E-state index contributed by atoms with van der Waals surface area (Å²) < 4.78 is 10.3. The van der Waals surface area contributed by atoms with Crippen LogP contribution in [0.4, 0.5) is 0 Å². The van der Waals surface area contributed by atoms with Crippen LogP contribution in [0.15, 0.2) is 0 Å². The highest BCUT2D eigenvalue weighted by atomic mass is 16.6. The maximum absolute atomic E-state index is 10.8. The van der Waals surface area contributed by atoms with E-state index in [9.17, 15) is 4.79 Å². The second kappa shape index (κ2) is 3.87. The molecule has 4 heteroatoms. The van der Waals surface area contributed by atoms with Crippen LogP contribution in [0.3, 0.4) is 0 Å². The predicted molar refractivity (Wildman–Crippen MR) is 43.6 cm³/mol. The number of esters is 1. The molecule has 0 saturated carbocycles. The van der Waals surface area contributed by atoms with Gasteiger partial charge < -0.3 is 15.2 Å². The van der Waals surface area contributed by atoms with Crippen LogP contribution in [0.25, 0.3) is 0 Å². The van der Waals surface area contributed by atoms with Crippen LogP contribution >= 0.6 is 0 Å². The van der Waals surface area contributed by atoms with E-state index < -0.39 is 5.60 Å². The minimum atomic E-state index is -0.454. The largest absolute Gasteiger partial charge is 0.458 e. The summed E-state index contributed by atoms with van der Waals surface area (Å²) in [6, 6.07) is 0. The number of carbonyl (C=O) groups excluding carboxylic acids is 1. The molecule has 0 amide bonds. The Labute approximate surface area is 72.0 Å². The van der Waals surface area contributed by atoms with Crippen molar-refractivity contribution in [2.75, 3.05) is 19.8 Å². The molecule has 0 aromatic rings. The van der Waals surface area contributed by atoms with Gasteiger partial charge >= 0.3 is 5.97 Å². The van der Waals surface area contributed by atoms with Crippen molar-refractivity contribution in [1.29, 1.82) is 0 Å². The van der Waals surface area contributed by atoms with E-state index >= 15 is 0 Å². The topological polar surface area (TPSA) is 61.5 Å². The normalized spacial score (nSPS) is 21.8. The fourth-order valence-electron chi connectivity index (χ4n) is 1.40. The quantitative estimate of drug-likeness (QED) is 0.600. The summed E-state index contributed by atoms with van der Waals surface area (Å²) in [5.41, 5.74) is 5.10. The highest BCUT2D eigenvalue weighted by Gasteiger charge is 2.34. The number of hydrogen-bond acceptors (Lipinski definition) is 4. The minimum absolute atomic E-state index is 0.262. The van der Waals surface area contributed by atoms with E-state index in [0.29, 0.717) is 32.6 Å². The zero-order valence-electron chi connectivity index (χ0n) is 7.34. The Balaban J connectivity index is 2.53. The van der Waals surface area contributed by atoms with Crippen LogP contribution in [0.1, 0.15) is 19.8 Å². The SMILES string of the molecule is CC(=O)OC1(CN)CCOCC1. The van der Waals surface area contributed by atoms with Gasteiger partial charge in [0.05, 0.1) is 13.2 Å². The summed E-state index contributed by atoms with van der Waals surface area (Å²) in [5.74, 6) is -0.262. The average Bonchev–Trinajstić information content (AvgIpc) is 2.05. The Bertz CT molecular complexity index is 164. The molecule has 1 rings (SSSR count). The van der Waals surface area contributed by atoms with Crippen LogP contribution in [-0.2, 0) is 14.3 Å². The highest BCUT2D eigenvalue weighted by molar-refractivity contribution is 5.66. The second-order valence-corrected chi connectivity index (χ2v) is 3.09. The molecule has 0 aromatic carbocycles. The number of ether oxygens (including phenoxy) is 2. The van der Waals surface area contributed by atoms with Crippen LogP contribution in [0.2, 0.25) is 0 Å². The smallest absolute Gasteiger partial charge is 0.303 e. The number of rotatable bonds is 2. The monoisotopic (exact) mass is 173 g/mol. The van der Waals surface area contributed by atoms with Crippen molar-refractivity contribution in [3.05, 3.63) is 0 Å². The van der Waals surface area contributed by atoms with Crippen LogP contribution < -0.4 is 5.73 Å². The van der Waals surface area contributed by atoms with Crippen LogP contribution in [0, 0.1) is 0 Å². The van der Waals surface area contributed by atoms with Gasteiger partial charge in [-0.3, -0.25) is 4.79 Å². The Hall–Kier alpha value is -0.610. The number of nitrogens with two attached hydrogens (primary N) is 1. The Morgan fingerprint density at radius 1 is 1.58 bits per heavy atom. The summed E-state index contributed by atoms with van der Waals surface area (Å²) in [7, 11) is 0. The van der Waals surface area contributed by atoms with Crippen molar-refractivity contribution in [1.82, 2.24) is 0 Å². The molecule has 0 radical (unpaired) electrons. The molecule has 1 fully saturated rings. The Morgan fingerprint density at radius 3 is 2.58 bits per heavy atom. The van der Waals surface area contributed by atoms with Crippen molar-refractivity contribution in [3.63, 3.8) is 0 Å². The Kier molecular flexibility index (Phi) is 3.05. The lowest BCUT2D eigenvalue weighted by molar-refractivity contribution is -0.165. The molecule has 1 saturated heterocycles. The number of carbonyl (C=O) groups is 1. The molecule has 0 bridgehead atoms. The first-order chi connectivity index (χ1) is 5.68. The molecule has 1 aliphatic rings. The van der Waals surface area contributed by atoms with Crippen molar-refractivity contribution in [2.45, 2.75) is 25.4 Å². The van der Waals surface area contributed by atoms with Crippen molar-refractivity contribution in [3.8, 4) is 0 Å². The lowest BCUT2D eigenvalue weighted by Gasteiger charge is -2.35. The zero-order valence-corrected chi connectivity index (χ0v) is 7.34. The van der Waals surface area contributed by atoms with Gasteiger partial charge in [0.2, 0.25) is 0 Å². The second-order valence-electron chi connectivity index (χ2n) is 3.09. The first kappa shape index (κ1) is 9.48. The van der Waals surface area contributed by atoms with E-state index in [1.54, 1.807) is 0 Å². The summed E-state index contributed by atoms with van der Waals surface area (Å²) in [6.07, 6.45) is 1.42. The van der Waals surface area contributed by atoms with Gasteiger partial charge in [-0.2, -0.15) is 0 Å². The van der Waals surface area contributed by atoms with Crippen LogP contribution in [0.5, 0.6) is 0 Å². The molecule has 2 N–H and O–H groups in total. The van der Waals surface area contributed by atoms with Gasteiger partial charge in [-0.05, 0) is 0 Å². The van der Waals surface area contributed by atoms with Gasteiger partial charge in [-0.15, -0.1) is 0 Å². The molecule has 4 nitrogen and oxygen atoms in total. The maximum atomic E-state index is 10.8. The Morgan fingerprint density at radius 2 is 2.17 bits per heavy atom. The van der Waals surface area contributed by atoms with E-state index in [0.717, 1.165) is 0 Å². The zero-order chi connectivity index (χ0) is 9.03. The van der Waals surface area contributed by atoms with E-state index in [2.05, 4.69) is 0 Å². The van der Waals surface area contributed by atoms with Gasteiger partial charge in [0, 0.05) is 26.3 Å². The van der Waals surface area contributed by atoms with E-state index in [4.69, 9.17) is 15.2 Å². The molecule has 0 spiro atoms. The summed E-state index contributed by atoms with van der Waals surface area (Å²) in [4.78, 5) is 10.8. The van der Waals surface area contributed by atoms with Crippen LogP contribution in [-0.4, -0.2) is 31.3 Å². The fraction of sp³-hybridized carbons (Fsp3) is 0.875. The molecule has 1 aliphatic heterocycles. The van der Waals surface area contributed by atoms with E-state index in [1.165, 1.54) is 6.92 Å². The molecule has 0 aliphatic carbocycles. The van der Waals surface area contributed by atoms with E-state index in [-0.39, 0.29) is 5.97 Å². The molecule has 0 atom stereocenters. The van der Waals surface area contributed by atoms with Gasteiger partial charge in [0.15, 0.2) is 0 Å². The lowest BCUT2D eigenvalue weighted by Crippen LogP contribution is -2.46. The molecular weight excluding hydrogens is 158 g/mol. The highest BCUT2D eigenvalue weighted by Crippen LogP contribution is 2.23. The summed E-state index contributed by atoms with van der Waals surface area (Å²) in [5, 5.41) is 0. The van der Waals surface area contributed by atoms with E-state index in [1.807, 2.05) is 0 Å². The molecular formula is C8H15NO3. The average molecular weight is 173 g/mol. The molecule has 0 unspecified atom stereocenters. The first-order valence-corrected chi connectivity index (χ1v) is 4.16. The standard InChI is InChI=1S/C8H15NO3/c1-7(10)12-8(6-9)2-4-11-5-3-8/h2-6,9H2,1H3. The molecule has 70 valence electrons. The molecule has 0 aromatic heterocycles. The van der Waals surface area contributed by atoms with Gasteiger partial charge in [-0.1, -0.05) is 0 Å². The van der Waals surface area contributed by atoms with Crippen molar-refractivity contribution < 1.29 is 14.3 Å². The maximum Gasteiger partial charge on any atom is 0.303 e. The molecule has 12 heavy (non-hydrogen) atoms. The summed E-state index contributed by atoms with van der Waals surface area (Å²) >= 11 is 0. The number of hydrogen-bond donors (Lipinski definition) is 1.